The molecule has 44 heavy (non-hydrogen) atoms. The van der Waals surface area contributed by atoms with Gasteiger partial charge in [0.2, 0.25) is 10.0 Å². The van der Waals surface area contributed by atoms with Crippen molar-refractivity contribution in [1.82, 2.24) is 0 Å². The number of carbonyl (C=O) groups is 2. The smallest absolute Gasteiger partial charge is 0.550 e. The van der Waals surface area contributed by atoms with Crippen LogP contribution in [-0.4, -0.2) is 45.6 Å². The predicted octanol–water partition coefficient (Wildman–Crippen LogP) is -0.311. The van der Waals surface area contributed by atoms with Crippen LogP contribution in [0.15, 0.2) is 50.1 Å². The summed E-state index contributed by atoms with van der Waals surface area (Å²) in [7, 11) is -8.01. The van der Waals surface area contributed by atoms with Crippen LogP contribution in [0.4, 0.5) is 5.69 Å². The number of sulfonamides is 2. The van der Waals surface area contributed by atoms with Crippen molar-refractivity contribution in [3.05, 3.63) is 41.0 Å². The number of carboxylic acids is 1. The number of hydrogen-bond donors (Lipinski definition) is 3. The molecular formula is C29H35ClKN3O8S2. The molecular weight excluding hydrogens is 657 g/mol. The summed E-state index contributed by atoms with van der Waals surface area (Å²) < 4.78 is 48.7. The van der Waals surface area contributed by atoms with Crippen LogP contribution in [0.1, 0.15) is 65.2 Å². The Bertz CT molecular complexity index is 1700. The van der Waals surface area contributed by atoms with E-state index in [4.69, 9.17) is 16.7 Å². The number of hydrogen-bond acceptors (Lipinski definition) is 9. The third-order valence-electron chi connectivity index (χ3n) is 10.6. The Morgan fingerprint density at radius 3 is 2.55 bits per heavy atom. The van der Waals surface area contributed by atoms with Crippen molar-refractivity contribution >= 4 is 55.4 Å². The minimum Gasteiger partial charge on any atom is -0.550 e. The summed E-state index contributed by atoms with van der Waals surface area (Å²) in [6, 6.07) is 2.05. The first-order valence-corrected chi connectivity index (χ1v) is 17.5. The molecule has 0 aromatic heterocycles. The average molecular weight is 692 g/mol. The van der Waals surface area contributed by atoms with E-state index in [9.17, 15) is 36.6 Å². The molecule has 2 fully saturated rings. The molecule has 4 aliphatic carbocycles. The zero-order valence-corrected chi connectivity index (χ0v) is 30.4. The second-order valence-corrected chi connectivity index (χ2v) is 16.2. The molecule has 0 saturated heterocycles. The van der Waals surface area contributed by atoms with Crippen LogP contribution in [0, 0.1) is 28.6 Å². The Morgan fingerprint density at radius 1 is 1.20 bits per heavy atom. The van der Waals surface area contributed by atoms with Crippen LogP contribution in [0.5, 0.6) is 0 Å². The number of aliphatic carboxylic acids is 1. The van der Waals surface area contributed by atoms with Crippen LogP contribution >= 0.6 is 11.6 Å². The van der Waals surface area contributed by atoms with Gasteiger partial charge >= 0.3 is 51.4 Å². The molecule has 0 amide bonds. The summed E-state index contributed by atoms with van der Waals surface area (Å²) in [5.74, 6) is 0.444. The van der Waals surface area contributed by atoms with E-state index in [1.54, 1.807) is 0 Å². The topological polar surface area (TPSA) is 196 Å². The zero-order valence-electron chi connectivity index (χ0n) is 24.9. The number of fused-ring (bicyclic) bond motifs is 6. The van der Waals surface area contributed by atoms with Gasteiger partial charge in [0.25, 0.3) is 10.0 Å². The number of allylic oxidation sites excluding steroid dienone is 4. The number of primary sulfonamides is 1. The minimum atomic E-state index is -4.09. The van der Waals surface area contributed by atoms with Crippen molar-refractivity contribution in [2.75, 3.05) is 5.32 Å². The van der Waals surface area contributed by atoms with Crippen molar-refractivity contribution in [2.45, 2.75) is 80.6 Å². The molecule has 11 nitrogen and oxygen atoms in total. The summed E-state index contributed by atoms with van der Waals surface area (Å²) in [6.07, 6.45) is 12.6. The van der Waals surface area contributed by atoms with Gasteiger partial charge in [0, 0.05) is 12.4 Å². The van der Waals surface area contributed by atoms with Gasteiger partial charge in [-0.1, -0.05) is 37.6 Å². The number of benzene rings is 1. The van der Waals surface area contributed by atoms with Gasteiger partial charge in [-0.05, 0) is 97.3 Å². The Hall–Kier alpha value is -0.944. The van der Waals surface area contributed by atoms with Gasteiger partial charge in [0.1, 0.15) is 16.1 Å². The number of ketones is 1. The van der Waals surface area contributed by atoms with E-state index in [0.29, 0.717) is 37.0 Å². The van der Waals surface area contributed by atoms with Crippen LogP contribution in [0.2, 0.25) is 5.02 Å². The molecule has 0 spiro atoms. The van der Waals surface area contributed by atoms with Crippen LogP contribution in [0.3, 0.4) is 0 Å². The number of aliphatic hydroxyl groups is 1. The number of carbonyl (C=O) groups excluding carboxylic acids is 2. The first-order valence-electron chi connectivity index (χ1n) is 14.2. The minimum absolute atomic E-state index is 0. The molecule has 6 rings (SSSR count). The van der Waals surface area contributed by atoms with Gasteiger partial charge in [0.15, 0.2) is 5.78 Å². The van der Waals surface area contributed by atoms with E-state index in [0.717, 1.165) is 38.1 Å². The van der Waals surface area contributed by atoms with E-state index >= 15 is 0 Å². The normalized spacial score (nSPS) is 34.4. The van der Waals surface area contributed by atoms with Crippen molar-refractivity contribution < 1.29 is 88.0 Å². The molecule has 6 atom stereocenters. The molecule has 1 heterocycles. The second-order valence-electron chi connectivity index (χ2n) is 12.7. The van der Waals surface area contributed by atoms with Gasteiger partial charge in [-0.2, -0.15) is 8.42 Å². The standard InChI is InChI=1S/C22H30O4.C7H6ClN3O4S2.K/c1-20-9-5-15(23)13-14(20)3-4-16-17(20)6-10-21(2)18(16)7-11-22(21,26)12-8-19(24)25;8-4-1-5-7(2-6(4)16(9,12)13)17(14,15)11-3-10-5;/h3-4,13,16-18,26H,5-12H2,1-2H3,(H,24,25);1-3H,(H,10,11)(H2,9,12,13);/q;;+1/p-1/t16-,17+,18+,20+,21+,22-;;/m1../s1. The molecule has 0 unspecified atom stereocenters. The third-order valence-corrected chi connectivity index (χ3v) is 13.3. The number of nitrogens with zero attached hydrogens (tertiary/aromatic N) is 1. The van der Waals surface area contributed by atoms with Crippen LogP contribution in [-0.2, 0) is 29.6 Å². The molecule has 1 aromatic rings. The Balaban J connectivity index is 0.000000214. The first kappa shape index (κ1) is 35.9. The molecule has 1 aliphatic heterocycles. The first-order chi connectivity index (χ1) is 19.9. The molecule has 0 bridgehead atoms. The van der Waals surface area contributed by atoms with E-state index in [1.165, 1.54) is 11.6 Å². The number of anilines is 1. The third kappa shape index (κ3) is 6.32. The fourth-order valence-electron chi connectivity index (χ4n) is 8.13. The fourth-order valence-corrected chi connectivity index (χ4v) is 10.3. The number of carboxylic acid groups (broad SMARTS) is 1. The monoisotopic (exact) mass is 691 g/mol. The zero-order chi connectivity index (χ0) is 31.6. The van der Waals surface area contributed by atoms with Gasteiger partial charge in [0.05, 0.1) is 16.3 Å². The summed E-state index contributed by atoms with van der Waals surface area (Å²) in [4.78, 5) is 22.1. The van der Waals surface area contributed by atoms with Crippen molar-refractivity contribution in [1.29, 1.82) is 0 Å². The predicted molar refractivity (Wildman–Crippen MR) is 158 cm³/mol. The summed E-state index contributed by atoms with van der Waals surface area (Å²) in [6.45, 7) is 4.48. The Morgan fingerprint density at radius 2 is 1.89 bits per heavy atom. The Kier molecular flexibility index (Phi) is 10.3. The molecule has 1 aromatic carbocycles. The SMILES string of the molecule is C[C@]12CCC(=O)C=C1C=C[C@@H]1[C@@H]2CC[C@@]2(C)[C@H]1CC[C@@]2(O)CCC(=O)[O-].NS(=O)(=O)c1cc2c(cc1Cl)NC=NS2(=O)=O.[K+]. The number of nitrogens with one attached hydrogen (secondary N) is 1. The van der Waals surface area contributed by atoms with E-state index in [1.807, 2.05) is 6.08 Å². The Labute approximate surface area is 305 Å². The molecule has 15 heteroatoms. The second kappa shape index (κ2) is 12.6. The van der Waals surface area contributed by atoms with Crippen LogP contribution < -0.4 is 66.9 Å². The van der Waals surface area contributed by atoms with Gasteiger partial charge in [-0.3, -0.25) is 4.79 Å². The molecule has 4 N–H and O–H groups in total. The largest absolute Gasteiger partial charge is 1.00 e. The van der Waals surface area contributed by atoms with Crippen molar-refractivity contribution in [3.8, 4) is 0 Å². The maximum atomic E-state index is 11.9. The van der Waals surface area contributed by atoms with E-state index < -0.39 is 36.5 Å². The summed E-state index contributed by atoms with van der Waals surface area (Å²) in [5, 5.41) is 29.6. The van der Waals surface area contributed by atoms with Gasteiger partial charge < -0.3 is 20.3 Å². The molecule has 0 radical (unpaired) electrons. The summed E-state index contributed by atoms with van der Waals surface area (Å²) in [5.41, 5.74) is 0.244. The number of halogens is 1. The average Bonchev–Trinajstić information content (AvgIpc) is 3.18. The molecule has 234 valence electrons. The summed E-state index contributed by atoms with van der Waals surface area (Å²) >= 11 is 5.70. The van der Waals surface area contributed by atoms with E-state index in [-0.39, 0.29) is 90.0 Å². The fraction of sp³-hybridized carbons (Fsp3) is 0.552. The van der Waals surface area contributed by atoms with E-state index in [2.05, 4.69) is 35.7 Å². The van der Waals surface area contributed by atoms with Gasteiger partial charge in [-0.25, -0.2) is 13.6 Å². The maximum absolute atomic E-state index is 11.9. The van der Waals surface area contributed by atoms with Crippen LogP contribution in [0.25, 0.3) is 0 Å². The van der Waals surface area contributed by atoms with Crippen molar-refractivity contribution in [2.24, 2.45) is 38.1 Å². The molecule has 5 aliphatic rings. The maximum Gasteiger partial charge on any atom is 1.00 e. The quantitative estimate of drug-likeness (QED) is 0.355. The van der Waals surface area contributed by atoms with Gasteiger partial charge in [-0.15, -0.1) is 4.40 Å². The number of rotatable bonds is 4. The number of nitrogens with two attached hydrogens (primary N) is 1. The van der Waals surface area contributed by atoms with Crippen molar-refractivity contribution in [3.63, 3.8) is 0 Å². The molecule has 2 saturated carbocycles.